The lowest BCUT2D eigenvalue weighted by Gasteiger charge is -2.15. The van der Waals surface area contributed by atoms with Gasteiger partial charge in [0.15, 0.2) is 5.16 Å². The number of thiophene rings is 1. The van der Waals surface area contributed by atoms with Crippen molar-refractivity contribution in [1.29, 1.82) is 0 Å². The number of para-hydroxylation sites is 1. The van der Waals surface area contributed by atoms with Crippen molar-refractivity contribution in [2.45, 2.75) is 43.8 Å². The van der Waals surface area contributed by atoms with Crippen LogP contribution in [0.3, 0.4) is 0 Å². The molecule has 0 saturated carbocycles. The summed E-state index contributed by atoms with van der Waals surface area (Å²) in [6.07, 6.45) is 5.11. The smallest absolute Gasteiger partial charge is 0.263 e. The number of benzene rings is 1. The van der Waals surface area contributed by atoms with E-state index in [2.05, 4.69) is 10.2 Å². The predicted octanol–water partition coefficient (Wildman–Crippen LogP) is 4.67. The number of nitrogens with zero attached hydrogens (tertiary/aromatic N) is 3. The number of fused-ring (bicyclic) bond motifs is 3. The van der Waals surface area contributed by atoms with Crippen LogP contribution >= 0.6 is 34.7 Å². The minimum atomic E-state index is -0.178. The molecule has 9 heteroatoms. The highest BCUT2D eigenvalue weighted by Gasteiger charge is 2.22. The van der Waals surface area contributed by atoms with E-state index in [0.717, 1.165) is 42.4 Å². The molecule has 2 heterocycles. The highest BCUT2D eigenvalue weighted by Crippen LogP contribution is 2.34. The minimum Gasteiger partial charge on any atom is -0.324 e. The molecule has 0 fully saturated rings. The molecule has 2 aromatic heterocycles. The number of hydrogen-bond acceptors (Lipinski definition) is 6. The monoisotopic (exact) mass is 490 g/mol. The van der Waals surface area contributed by atoms with E-state index in [4.69, 9.17) is 16.6 Å². The van der Waals surface area contributed by atoms with Gasteiger partial charge < -0.3 is 10.2 Å². The van der Waals surface area contributed by atoms with Gasteiger partial charge in [-0.25, -0.2) is 4.98 Å². The molecule has 1 aromatic carbocycles. The first-order valence-corrected chi connectivity index (χ1v) is 13.0. The lowest BCUT2D eigenvalue weighted by molar-refractivity contribution is -0.113. The summed E-state index contributed by atoms with van der Waals surface area (Å²) < 4.78 is 1.76. The molecule has 1 aliphatic carbocycles. The molecule has 1 N–H and O–H groups in total. The summed E-state index contributed by atoms with van der Waals surface area (Å²) in [6, 6.07) is 7.15. The third-order valence-corrected chi connectivity index (χ3v) is 8.00. The van der Waals surface area contributed by atoms with Gasteiger partial charge in [-0.15, -0.1) is 11.3 Å². The van der Waals surface area contributed by atoms with Gasteiger partial charge in [-0.1, -0.05) is 35.5 Å². The predicted molar refractivity (Wildman–Crippen MR) is 134 cm³/mol. The van der Waals surface area contributed by atoms with Crippen LogP contribution in [-0.2, 0) is 24.2 Å². The van der Waals surface area contributed by atoms with Gasteiger partial charge in [-0.2, -0.15) is 0 Å². The van der Waals surface area contributed by atoms with E-state index in [1.807, 2.05) is 26.2 Å². The van der Waals surface area contributed by atoms with Crippen LogP contribution in [0.15, 0.2) is 34.2 Å². The van der Waals surface area contributed by atoms with Crippen molar-refractivity contribution in [2.75, 3.05) is 31.7 Å². The molecule has 0 bridgehead atoms. The molecule has 0 radical (unpaired) electrons. The number of aromatic nitrogens is 2. The average Bonchev–Trinajstić information content (AvgIpc) is 3.14. The number of nitrogens with one attached hydrogen (secondary N) is 1. The van der Waals surface area contributed by atoms with Crippen LogP contribution in [-0.4, -0.2) is 46.8 Å². The van der Waals surface area contributed by atoms with Gasteiger partial charge in [0, 0.05) is 11.4 Å². The van der Waals surface area contributed by atoms with E-state index in [9.17, 15) is 9.59 Å². The molecule has 0 atom stereocenters. The molecule has 4 rings (SSSR count). The maximum Gasteiger partial charge on any atom is 0.263 e. The fourth-order valence-corrected chi connectivity index (χ4v) is 6.26. The molecular weight excluding hydrogens is 464 g/mol. The zero-order valence-electron chi connectivity index (χ0n) is 18.3. The van der Waals surface area contributed by atoms with Crippen molar-refractivity contribution < 1.29 is 4.79 Å². The lowest BCUT2D eigenvalue weighted by Crippen LogP contribution is -2.26. The van der Waals surface area contributed by atoms with Gasteiger partial charge in [-0.05, 0) is 70.4 Å². The van der Waals surface area contributed by atoms with Crippen LogP contribution in [0.1, 0.15) is 29.7 Å². The second-order valence-corrected chi connectivity index (χ2v) is 10.6. The van der Waals surface area contributed by atoms with Gasteiger partial charge in [0.1, 0.15) is 4.83 Å². The van der Waals surface area contributed by atoms with E-state index in [1.165, 1.54) is 28.6 Å². The van der Waals surface area contributed by atoms with E-state index < -0.39 is 0 Å². The van der Waals surface area contributed by atoms with Gasteiger partial charge in [0.25, 0.3) is 5.56 Å². The second kappa shape index (κ2) is 10.4. The van der Waals surface area contributed by atoms with Crippen LogP contribution in [0.4, 0.5) is 5.69 Å². The number of thioether (sulfide) groups is 1. The molecule has 0 unspecified atom stereocenters. The highest BCUT2D eigenvalue weighted by molar-refractivity contribution is 7.99. The Balaban J connectivity index is 1.60. The van der Waals surface area contributed by atoms with Crippen LogP contribution in [0.25, 0.3) is 10.2 Å². The van der Waals surface area contributed by atoms with Crippen molar-refractivity contribution in [1.82, 2.24) is 14.5 Å². The molecule has 1 amide bonds. The Labute approximate surface area is 201 Å². The summed E-state index contributed by atoms with van der Waals surface area (Å²) in [5.41, 5.74) is 1.81. The number of carbonyl (C=O) groups excluding carboxylic acids is 1. The largest absolute Gasteiger partial charge is 0.324 e. The van der Waals surface area contributed by atoms with E-state index in [0.29, 0.717) is 22.4 Å². The molecule has 32 heavy (non-hydrogen) atoms. The quantitative estimate of drug-likeness (QED) is 0.367. The fraction of sp³-hybridized carbons (Fsp3) is 0.435. The number of halogens is 1. The first-order chi connectivity index (χ1) is 15.4. The zero-order chi connectivity index (χ0) is 22.7. The first-order valence-electron chi connectivity index (χ1n) is 10.8. The normalized spacial score (nSPS) is 13.5. The third-order valence-electron chi connectivity index (χ3n) is 5.51. The number of hydrogen-bond donors (Lipinski definition) is 1. The number of anilines is 1. The fourth-order valence-electron chi connectivity index (χ4n) is 3.95. The van der Waals surface area contributed by atoms with E-state index >= 15 is 0 Å². The van der Waals surface area contributed by atoms with Crippen LogP contribution in [0.2, 0.25) is 5.02 Å². The first kappa shape index (κ1) is 23.3. The number of aryl methyl sites for hydroxylation is 2. The van der Waals surface area contributed by atoms with Crippen molar-refractivity contribution >= 4 is 56.5 Å². The Morgan fingerprint density at radius 1 is 1.28 bits per heavy atom. The molecule has 0 spiro atoms. The van der Waals surface area contributed by atoms with E-state index in [-0.39, 0.29) is 17.2 Å². The Kier molecular flexibility index (Phi) is 7.55. The summed E-state index contributed by atoms with van der Waals surface area (Å²) in [7, 11) is 4.04. The molecule has 3 aromatic rings. The van der Waals surface area contributed by atoms with Crippen LogP contribution < -0.4 is 10.9 Å². The Morgan fingerprint density at radius 2 is 2.06 bits per heavy atom. The van der Waals surface area contributed by atoms with Gasteiger partial charge in [-0.3, -0.25) is 14.2 Å². The zero-order valence-corrected chi connectivity index (χ0v) is 20.7. The van der Waals surface area contributed by atoms with Gasteiger partial charge in [0.05, 0.1) is 21.8 Å². The van der Waals surface area contributed by atoms with Crippen molar-refractivity contribution in [3.05, 3.63) is 50.1 Å². The maximum atomic E-state index is 13.5. The summed E-state index contributed by atoms with van der Waals surface area (Å²) in [6.45, 7) is 1.46. The summed E-state index contributed by atoms with van der Waals surface area (Å²) in [5.74, 6) is -0.0233. The van der Waals surface area contributed by atoms with Crippen LogP contribution in [0, 0.1) is 0 Å². The molecular formula is C23H27ClN4O2S2. The number of carbonyl (C=O) groups is 1. The number of amides is 1. The summed E-state index contributed by atoms with van der Waals surface area (Å²) >= 11 is 9.09. The van der Waals surface area contributed by atoms with Gasteiger partial charge in [0.2, 0.25) is 5.91 Å². The maximum absolute atomic E-state index is 13.5. The lowest BCUT2D eigenvalue weighted by atomic mass is 9.97. The second-order valence-electron chi connectivity index (χ2n) is 8.22. The molecule has 0 saturated heterocycles. The average molecular weight is 491 g/mol. The van der Waals surface area contributed by atoms with Crippen molar-refractivity contribution in [3.63, 3.8) is 0 Å². The summed E-state index contributed by atoms with van der Waals surface area (Å²) in [5, 5.41) is 4.73. The molecule has 1 aliphatic rings. The van der Waals surface area contributed by atoms with Crippen molar-refractivity contribution in [3.8, 4) is 0 Å². The van der Waals surface area contributed by atoms with Gasteiger partial charge >= 0.3 is 0 Å². The molecule has 6 nitrogen and oxygen atoms in total. The molecule has 170 valence electrons. The standard InChI is InChI=1S/C23H27ClN4O2S2/c1-27(2)12-7-13-28-22(30)20-15-8-3-6-11-18(15)32-21(20)26-23(28)31-14-19(29)25-17-10-5-4-9-16(17)24/h4-5,9-10H,3,6-8,11-14H2,1-2H3,(H,25,29). The Hall–Kier alpha value is -1.87. The Morgan fingerprint density at radius 3 is 2.84 bits per heavy atom. The van der Waals surface area contributed by atoms with E-state index in [1.54, 1.807) is 28.0 Å². The van der Waals surface area contributed by atoms with Crippen molar-refractivity contribution in [2.24, 2.45) is 0 Å². The Bertz CT molecular complexity index is 1190. The highest BCUT2D eigenvalue weighted by atomic mass is 35.5. The SMILES string of the molecule is CN(C)CCCn1c(SCC(=O)Nc2ccccc2Cl)nc2sc3c(c2c1=O)CCCC3. The minimum absolute atomic E-state index is 0.0298. The number of rotatable bonds is 8. The van der Waals surface area contributed by atoms with Crippen LogP contribution in [0.5, 0.6) is 0 Å². The summed E-state index contributed by atoms with van der Waals surface area (Å²) in [4.78, 5) is 35.1. The third kappa shape index (κ3) is 5.20. The topological polar surface area (TPSA) is 67.2 Å². The molecule has 0 aliphatic heterocycles.